The summed E-state index contributed by atoms with van der Waals surface area (Å²) < 4.78 is 12.3. The molecule has 2 aliphatic heterocycles. The molecule has 1 aromatic rings. The number of hydrogen-bond donors (Lipinski definition) is 0. The lowest BCUT2D eigenvalue weighted by molar-refractivity contribution is -0.136. The SMILES string of the molecule is CCCC=C1OC(=O)C2=C1CCC1(Cc3ccccc3)C3C=C4C(=O)OC(=CC(CC)CCC(C)C)C4(CC3)C21. The molecule has 1 saturated heterocycles. The number of rotatable bonds is 9. The third kappa shape index (κ3) is 4.16. The Kier molecular flexibility index (Phi) is 7.17. The molecule has 0 N–H and O–H groups in total. The molecule has 0 aromatic heterocycles. The van der Waals surface area contributed by atoms with E-state index in [-0.39, 0.29) is 29.2 Å². The van der Waals surface area contributed by atoms with Gasteiger partial charge in [-0.25, -0.2) is 9.59 Å². The van der Waals surface area contributed by atoms with Crippen LogP contribution in [0.2, 0.25) is 0 Å². The van der Waals surface area contributed by atoms with Crippen molar-refractivity contribution in [2.75, 3.05) is 0 Å². The summed E-state index contributed by atoms with van der Waals surface area (Å²) >= 11 is 0. The largest absolute Gasteiger partial charge is 0.427 e. The van der Waals surface area contributed by atoms with E-state index in [9.17, 15) is 9.59 Å². The quantitative estimate of drug-likeness (QED) is 0.295. The Morgan fingerprint density at radius 3 is 2.55 bits per heavy atom. The van der Waals surface area contributed by atoms with Crippen LogP contribution in [-0.2, 0) is 25.5 Å². The Morgan fingerprint density at radius 2 is 1.82 bits per heavy atom. The van der Waals surface area contributed by atoms with E-state index < -0.39 is 5.41 Å². The van der Waals surface area contributed by atoms with Gasteiger partial charge in [-0.1, -0.05) is 76.9 Å². The summed E-state index contributed by atoms with van der Waals surface area (Å²) in [6, 6.07) is 10.7. The molecule has 0 amide bonds. The average Bonchev–Trinajstić information content (AvgIpc) is 3.43. The zero-order valence-electron chi connectivity index (χ0n) is 24.6. The van der Waals surface area contributed by atoms with Crippen LogP contribution < -0.4 is 0 Å². The van der Waals surface area contributed by atoms with Gasteiger partial charge < -0.3 is 9.47 Å². The van der Waals surface area contributed by atoms with Gasteiger partial charge in [-0.15, -0.1) is 0 Å². The summed E-state index contributed by atoms with van der Waals surface area (Å²) in [6.45, 7) is 8.90. The normalized spacial score (nSPS) is 33.2. The number of carbonyl (C=O) groups is 2. The maximum absolute atomic E-state index is 13.9. The van der Waals surface area contributed by atoms with Crippen LogP contribution in [-0.4, -0.2) is 11.9 Å². The van der Waals surface area contributed by atoms with Gasteiger partial charge >= 0.3 is 11.9 Å². The van der Waals surface area contributed by atoms with Gasteiger partial charge in [0.1, 0.15) is 11.5 Å². The van der Waals surface area contributed by atoms with Gasteiger partial charge in [-0.05, 0) is 92.3 Å². The molecule has 6 aliphatic rings. The maximum atomic E-state index is 13.9. The van der Waals surface area contributed by atoms with Crippen LogP contribution in [0.1, 0.15) is 91.0 Å². The fourth-order valence-electron chi connectivity index (χ4n) is 8.63. The summed E-state index contributed by atoms with van der Waals surface area (Å²) in [5.74, 6) is 2.25. The molecule has 0 radical (unpaired) electrons. The van der Waals surface area contributed by atoms with E-state index in [0.29, 0.717) is 11.8 Å². The number of ether oxygens (including phenoxy) is 2. The number of cyclic esters (lactones) is 2. The van der Waals surface area contributed by atoms with Crippen molar-refractivity contribution in [3.05, 3.63) is 82.4 Å². The lowest BCUT2D eigenvalue weighted by Crippen LogP contribution is -2.58. The lowest BCUT2D eigenvalue weighted by Gasteiger charge is -2.61. The predicted octanol–water partition coefficient (Wildman–Crippen LogP) is 8.40. The molecule has 5 unspecified atom stereocenters. The summed E-state index contributed by atoms with van der Waals surface area (Å²) in [7, 11) is 0. The number of allylic oxidation sites excluding steroid dienone is 5. The summed E-state index contributed by atoms with van der Waals surface area (Å²) in [5.41, 5.74) is 3.26. The van der Waals surface area contributed by atoms with Crippen molar-refractivity contribution in [1.29, 1.82) is 0 Å². The molecule has 1 saturated carbocycles. The zero-order chi connectivity index (χ0) is 28.1. The van der Waals surface area contributed by atoms with Crippen LogP contribution in [0.25, 0.3) is 0 Å². The van der Waals surface area contributed by atoms with E-state index in [4.69, 9.17) is 9.47 Å². The fraction of sp³-hybridized carbons (Fsp3) is 0.556. The minimum Gasteiger partial charge on any atom is -0.427 e. The Hall–Kier alpha value is -2.88. The van der Waals surface area contributed by atoms with Crippen LogP contribution in [0.4, 0.5) is 0 Å². The number of benzene rings is 1. The van der Waals surface area contributed by atoms with Crippen LogP contribution in [0.3, 0.4) is 0 Å². The minimum atomic E-state index is -0.591. The number of esters is 2. The third-order valence-corrected chi connectivity index (χ3v) is 10.6. The number of fused-ring (bicyclic) bond motifs is 1. The Morgan fingerprint density at radius 1 is 1.02 bits per heavy atom. The van der Waals surface area contributed by atoms with Crippen molar-refractivity contribution in [3.8, 4) is 0 Å². The second-order valence-electron chi connectivity index (χ2n) is 13.2. The highest BCUT2D eigenvalue weighted by Crippen LogP contribution is 2.73. The smallest absolute Gasteiger partial charge is 0.340 e. The van der Waals surface area contributed by atoms with Crippen LogP contribution in [0, 0.1) is 34.5 Å². The van der Waals surface area contributed by atoms with Crippen LogP contribution in [0.15, 0.2) is 76.8 Å². The highest BCUT2D eigenvalue weighted by Gasteiger charge is 2.71. The highest BCUT2D eigenvalue weighted by molar-refractivity contribution is 6.00. The molecule has 1 aromatic carbocycles. The molecule has 2 fully saturated rings. The van der Waals surface area contributed by atoms with E-state index in [0.717, 1.165) is 92.4 Å². The monoisotopic (exact) mass is 540 g/mol. The second-order valence-corrected chi connectivity index (χ2v) is 13.2. The first kappa shape index (κ1) is 27.3. The van der Waals surface area contributed by atoms with Crippen molar-refractivity contribution in [1.82, 2.24) is 0 Å². The van der Waals surface area contributed by atoms with Crippen molar-refractivity contribution < 1.29 is 19.1 Å². The van der Waals surface area contributed by atoms with Gasteiger partial charge in [0.25, 0.3) is 0 Å². The molecule has 4 nitrogen and oxygen atoms in total. The molecular formula is C36H44O4. The third-order valence-electron chi connectivity index (χ3n) is 10.6. The molecule has 2 bridgehead atoms. The first-order chi connectivity index (χ1) is 19.3. The number of carbonyl (C=O) groups excluding carboxylic acids is 2. The molecule has 1 spiro atoms. The summed E-state index contributed by atoms with van der Waals surface area (Å²) in [5, 5.41) is 0. The van der Waals surface area contributed by atoms with E-state index in [1.807, 2.05) is 0 Å². The molecule has 2 heterocycles. The van der Waals surface area contributed by atoms with Crippen molar-refractivity contribution in [3.63, 3.8) is 0 Å². The Bertz CT molecular complexity index is 1310. The molecule has 40 heavy (non-hydrogen) atoms. The molecule has 212 valence electrons. The highest BCUT2D eigenvalue weighted by atomic mass is 16.5. The lowest BCUT2D eigenvalue weighted by atomic mass is 9.39. The maximum Gasteiger partial charge on any atom is 0.340 e. The number of hydrogen-bond acceptors (Lipinski definition) is 4. The van der Waals surface area contributed by atoms with Gasteiger partial charge in [-0.3, -0.25) is 0 Å². The van der Waals surface area contributed by atoms with Gasteiger partial charge in [0.2, 0.25) is 0 Å². The zero-order valence-corrected chi connectivity index (χ0v) is 24.6. The average molecular weight is 541 g/mol. The molecule has 4 aliphatic carbocycles. The first-order valence-corrected chi connectivity index (χ1v) is 15.7. The van der Waals surface area contributed by atoms with Crippen molar-refractivity contribution in [2.45, 2.75) is 91.9 Å². The predicted molar refractivity (Wildman–Crippen MR) is 157 cm³/mol. The van der Waals surface area contributed by atoms with Crippen molar-refractivity contribution >= 4 is 11.9 Å². The standard InChI is InChI=1S/C36H44O4/c1-5-7-13-29-27-17-18-35(22-25-11-9-8-10-12-25)26-16-19-36(32(35)31(27)34(38)39-29)28(21-26)33(37)40-30(36)20-24(6-2)15-14-23(3)4/h8-13,20-21,23-24,26,32H,5-7,14-19,22H2,1-4H3. The summed E-state index contributed by atoms with van der Waals surface area (Å²) in [4.78, 5) is 27.4. The molecular weight excluding hydrogens is 496 g/mol. The first-order valence-electron chi connectivity index (χ1n) is 15.7. The fourth-order valence-corrected chi connectivity index (χ4v) is 8.63. The van der Waals surface area contributed by atoms with E-state index in [2.05, 4.69) is 76.3 Å². The van der Waals surface area contributed by atoms with Crippen molar-refractivity contribution in [2.24, 2.45) is 34.5 Å². The second kappa shape index (κ2) is 10.5. The Balaban J connectivity index is 1.54. The van der Waals surface area contributed by atoms with E-state index >= 15 is 0 Å². The van der Waals surface area contributed by atoms with Gasteiger partial charge in [0.05, 0.1) is 5.41 Å². The van der Waals surface area contributed by atoms with Crippen LogP contribution in [0.5, 0.6) is 0 Å². The van der Waals surface area contributed by atoms with E-state index in [1.165, 1.54) is 5.56 Å². The van der Waals surface area contributed by atoms with Gasteiger partial charge in [0, 0.05) is 22.6 Å². The number of unbranched alkanes of at least 4 members (excludes halogenated alkanes) is 1. The van der Waals surface area contributed by atoms with Gasteiger partial charge in [0.15, 0.2) is 0 Å². The molecule has 7 rings (SSSR count). The Labute approximate surface area is 239 Å². The summed E-state index contributed by atoms with van der Waals surface area (Å²) in [6.07, 6.45) is 16.3. The minimum absolute atomic E-state index is 0.122. The van der Waals surface area contributed by atoms with Crippen LogP contribution >= 0.6 is 0 Å². The molecule has 4 heteroatoms. The van der Waals surface area contributed by atoms with Gasteiger partial charge in [-0.2, -0.15) is 0 Å². The van der Waals surface area contributed by atoms with E-state index in [1.54, 1.807) is 0 Å². The molecule has 5 atom stereocenters. The topological polar surface area (TPSA) is 52.6 Å².